The predicted molar refractivity (Wildman–Crippen MR) is 136 cm³/mol. The van der Waals surface area contributed by atoms with Crippen molar-refractivity contribution in [2.24, 2.45) is 0 Å². The highest BCUT2D eigenvalue weighted by Gasteiger charge is 2.33. The van der Waals surface area contributed by atoms with E-state index in [4.69, 9.17) is 0 Å². The van der Waals surface area contributed by atoms with Crippen molar-refractivity contribution in [2.75, 3.05) is 33.9 Å². The summed E-state index contributed by atoms with van der Waals surface area (Å²) in [6.45, 7) is 3.48. The molecule has 0 radical (unpaired) electrons. The highest BCUT2D eigenvalue weighted by Crippen LogP contribution is 2.35. The molecular formula is C27H27F3N4O2. The fourth-order valence-corrected chi connectivity index (χ4v) is 4.23. The Kier molecular flexibility index (Phi) is 7.47. The summed E-state index contributed by atoms with van der Waals surface area (Å²) in [5, 5.41) is 7.83. The Bertz CT molecular complexity index is 1250. The second-order valence-electron chi connectivity index (χ2n) is 8.73. The summed E-state index contributed by atoms with van der Waals surface area (Å²) in [4.78, 5) is 27.6. The van der Waals surface area contributed by atoms with E-state index >= 15 is 0 Å². The number of nitrogens with zero attached hydrogens (tertiary/aromatic N) is 1. The van der Waals surface area contributed by atoms with Crippen molar-refractivity contribution < 1.29 is 22.8 Å². The number of benzene rings is 3. The Morgan fingerprint density at radius 1 is 0.806 bits per heavy atom. The van der Waals surface area contributed by atoms with Gasteiger partial charge in [-0.3, -0.25) is 4.79 Å². The summed E-state index contributed by atoms with van der Waals surface area (Å²) in [6, 6.07) is 16.3. The maximum Gasteiger partial charge on any atom is 0.418 e. The van der Waals surface area contributed by atoms with Gasteiger partial charge >= 0.3 is 12.2 Å². The number of amides is 3. The van der Waals surface area contributed by atoms with Gasteiger partial charge in [0, 0.05) is 24.3 Å². The molecule has 4 rings (SSSR count). The first kappa shape index (κ1) is 25.1. The van der Waals surface area contributed by atoms with Gasteiger partial charge in [0.1, 0.15) is 0 Å². The molecule has 1 saturated heterocycles. The maximum absolute atomic E-state index is 13.4. The number of rotatable bonds is 5. The molecule has 36 heavy (non-hydrogen) atoms. The minimum Gasteiger partial charge on any atom is -0.370 e. The number of carbonyl (C=O) groups is 2. The molecule has 0 aliphatic carbocycles. The minimum atomic E-state index is -4.61. The molecule has 0 bridgehead atoms. The van der Waals surface area contributed by atoms with Crippen LogP contribution in [0.3, 0.4) is 0 Å². The number of hydrogen-bond donors (Lipinski definition) is 3. The summed E-state index contributed by atoms with van der Waals surface area (Å²) < 4.78 is 40.1. The third-order valence-corrected chi connectivity index (χ3v) is 5.96. The minimum absolute atomic E-state index is 0.307. The van der Waals surface area contributed by atoms with Crippen molar-refractivity contribution in [1.82, 2.24) is 0 Å². The lowest BCUT2D eigenvalue weighted by atomic mass is 10.1. The van der Waals surface area contributed by atoms with Gasteiger partial charge in [-0.2, -0.15) is 13.2 Å². The lowest BCUT2D eigenvalue weighted by Gasteiger charge is -2.31. The normalized spacial score (nSPS) is 13.7. The lowest BCUT2D eigenvalue weighted by molar-refractivity contribution is -0.136. The third-order valence-electron chi connectivity index (χ3n) is 5.96. The molecule has 1 aliphatic heterocycles. The summed E-state index contributed by atoms with van der Waals surface area (Å²) in [5.41, 5.74) is 1.74. The van der Waals surface area contributed by atoms with Crippen molar-refractivity contribution in [3.8, 4) is 0 Å². The molecule has 0 spiro atoms. The molecule has 1 aliphatic rings. The Labute approximate surface area is 207 Å². The number of alkyl halides is 3. The second kappa shape index (κ2) is 10.7. The topological polar surface area (TPSA) is 73.5 Å². The molecule has 3 aromatic rings. The Morgan fingerprint density at radius 2 is 1.53 bits per heavy atom. The van der Waals surface area contributed by atoms with Crippen LogP contribution in [0.25, 0.3) is 0 Å². The fourth-order valence-electron chi connectivity index (χ4n) is 4.23. The van der Waals surface area contributed by atoms with Gasteiger partial charge in [-0.15, -0.1) is 0 Å². The average Bonchev–Trinajstić information content (AvgIpc) is 2.84. The number of urea groups is 1. The molecule has 1 heterocycles. The molecule has 0 aromatic heterocycles. The van der Waals surface area contributed by atoms with E-state index in [9.17, 15) is 22.8 Å². The van der Waals surface area contributed by atoms with Crippen molar-refractivity contribution in [3.05, 3.63) is 83.4 Å². The SMILES string of the molecule is Cc1cccc(C(=O)Nc2ccc(N3CCCCC3)c(NC(=O)Nc3ccccc3C(F)(F)F)c2)c1. The van der Waals surface area contributed by atoms with Gasteiger partial charge in [0.05, 0.1) is 22.6 Å². The smallest absolute Gasteiger partial charge is 0.370 e. The van der Waals surface area contributed by atoms with E-state index in [-0.39, 0.29) is 11.6 Å². The Hall–Kier alpha value is -4.01. The van der Waals surface area contributed by atoms with Crippen molar-refractivity contribution >= 4 is 34.7 Å². The Morgan fingerprint density at radius 3 is 2.25 bits per heavy atom. The van der Waals surface area contributed by atoms with Gasteiger partial charge in [-0.1, -0.05) is 29.8 Å². The highest BCUT2D eigenvalue weighted by atomic mass is 19.4. The first-order chi connectivity index (χ1) is 17.2. The number of piperidine rings is 1. The number of carbonyl (C=O) groups excluding carboxylic acids is 2. The summed E-state index contributed by atoms with van der Waals surface area (Å²) in [7, 11) is 0. The fraction of sp³-hybridized carbons (Fsp3) is 0.259. The van der Waals surface area contributed by atoms with Crippen LogP contribution in [0.2, 0.25) is 0 Å². The largest absolute Gasteiger partial charge is 0.418 e. The number of halogens is 3. The van der Waals surface area contributed by atoms with E-state index in [2.05, 4.69) is 20.9 Å². The van der Waals surface area contributed by atoms with E-state index in [0.717, 1.165) is 49.7 Å². The molecule has 3 aromatic carbocycles. The van der Waals surface area contributed by atoms with Gasteiger partial charge < -0.3 is 20.9 Å². The van der Waals surface area contributed by atoms with E-state index in [1.54, 1.807) is 36.4 Å². The monoisotopic (exact) mass is 496 g/mol. The zero-order valence-corrected chi connectivity index (χ0v) is 19.8. The van der Waals surface area contributed by atoms with Crippen molar-refractivity contribution in [1.29, 1.82) is 0 Å². The van der Waals surface area contributed by atoms with Crippen LogP contribution in [-0.2, 0) is 6.18 Å². The van der Waals surface area contributed by atoms with Gasteiger partial charge in [-0.05, 0) is 68.7 Å². The van der Waals surface area contributed by atoms with Crippen LogP contribution in [0.4, 0.5) is 40.7 Å². The van der Waals surface area contributed by atoms with Crippen molar-refractivity contribution in [3.63, 3.8) is 0 Å². The van der Waals surface area contributed by atoms with Crippen LogP contribution in [0, 0.1) is 6.92 Å². The maximum atomic E-state index is 13.4. The molecule has 188 valence electrons. The van der Waals surface area contributed by atoms with Crippen molar-refractivity contribution in [2.45, 2.75) is 32.4 Å². The van der Waals surface area contributed by atoms with Gasteiger partial charge in [0.15, 0.2) is 0 Å². The second-order valence-corrected chi connectivity index (χ2v) is 8.73. The average molecular weight is 497 g/mol. The molecule has 0 atom stereocenters. The molecule has 3 N–H and O–H groups in total. The van der Waals surface area contributed by atoms with E-state index in [1.165, 1.54) is 18.2 Å². The predicted octanol–water partition coefficient (Wildman–Crippen LogP) is 6.90. The quantitative estimate of drug-likeness (QED) is 0.360. The zero-order chi connectivity index (χ0) is 25.7. The number of aryl methyl sites for hydroxylation is 1. The van der Waals surface area contributed by atoms with Crippen LogP contribution >= 0.6 is 0 Å². The van der Waals surface area contributed by atoms with E-state index in [0.29, 0.717) is 16.9 Å². The number of hydrogen-bond acceptors (Lipinski definition) is 3. The Balaban J connectivity index is 1.58. The first-order valence-corrected chi connectivity index (χ1v) is 11.7. The number of para-hydroxylation sites is 1. The molecule has 6 nitrogen and oxygen atoms in total. The summed E-state index contributed by atoms with van der Waals surface area (Å²) in [6.07, 6.45) is -1.51. The van der Waals surface area contributed by atoms with Gasteiger partial charge in [0.25, 0.3) is 5.91 Å². The third kappa shape index (κ3) is 6.16. The molecule has 9 heteroatoms. The lowest BCUT2D eigenvalue weighted by Crippen LogP contribution is -2.31. The molecule has 0 unspecified atom stereocenters. The molecule has 1 fully saturated rings. The zero-order valence-electron chi connectivity index (χ0n) is 19.8. The van der Waals surface area contributed by atoms with Crippen LogP contribution in [-0.4, -0.2) is 25.0 Å². The van der Waals surface area contributed by atoms with Crippen LogP contribution in [0.5, 0.6) is 0 Å². The molecular weight excluding hydrogens is 469 g/mol. The number of nitrogens with one attached hydrogen (secondary N) is 3. The van der Waals surface area contributed by atoms with Gasteiger partial charge in [0.2, 0.25) is 0 Å². The highest BCUT2D eigenvalue weighted by molar-refractivity contribution is 6.06. The first-order valence-electron chi connectivity index (χ1n) is 11.7. The van der Waals surface area contributed by atoms with E-state index in [1.807, 2.05) is 13.0 Å². The van der Waals surface area contributed by atoms with Crippen LogP contribution in [0.1, 0.15) is 40.7 Å². The standard InChI is InChI=1S/C27H27F3N4O2/c1-18-8-7-9-19(16-18)25(35)31-20-12-13-24(34-14-5-2-6-15-34)23(17-20)33-26(36)32-22-11-4-3-10-21(22)27(28,29)30/h3-4,7-13,16-17H,2,5-6,14-15H2,1H3,(H,31,35)(H2,32,33,36). The van der Waals surface area contributed by atoms with E-state index < -0.39 is 17.8 Å². The molecule has 0 saturated carbocycles. The summed E-state index contributed by atoms with van der Waals surface area (Å²) >= 11 is 0. The van der Waals surface area contributed by atoms with Gasteiger partial charge in [-0.25, -0.2) is 4.79 Å². The van der Waals surface area contributed by atoms with Crippen LogP contribution in [0.15, 0.2) is 66.7 Å². The molecule has 3 amide bonds. The number of anilines is 4. The summed E-state index contributed by atoms with van der Waals surface area (Å²) in [5.74, 6) is -0.307. The van der Waals surface area contributed by atoms with Crippen LogP contribution < -0.4 is 20.9 Å².